The summed E-state index contributed by atoms with van der Waals surface area (Å²) < 4.78 is 0. The molecule has 2 heteroatoms. The van der Waals surface area contributed by atoms with Gasteiger partial charge in [0.1, 0.15) is 0 Å². The van der Waals surface area contributed by atoms with Crippen molar-refractivity contribution in [2.24, 2.45) is 0 Å². The molecular weight excluding hydrogens is 250 g/mol. The minimum absolute atomic E-state index is 0.859. The fourth-order valence-electron chi connectivity index (χ4n) is 1.89. The molecule has 0 bridgehead atoms. The Morgan fingerprint density at radius 2 is 1.84 bits per heavy atom. The van der Waals surface area contributed by atoms with Crippen molar-refractivity contribution in [1.29, 1.82) is 0 Å². The molecule has 2 aromatic rings. The summed E-state index contributed by atoms with van der Waals surface area (Å²) in [6.45, 7) is 6.78. The van der Waals surface area contributed by atoms with E-state index < -0.39 is 0 Å². The van der Waals surface area contributed by atoms with Crippen LogP contribution in [0.5, 0.6) is 0 Å². The quantitative estimate of drug-likeness (QED) is 0.592. The number of nitrogens with one attached hydrogen (secondary N) is 1. The first kappa shape index (κ1) is 13.8. The zero-order valence-corrected chi connectivity index (χ0v) is 12.0. The van der Waals surface area contributed by atoms with Crippen LogP contribution in [0.1, 0.15) is 11.1 Å². The Kier molecular flexibility index (Phi) is 5.10. The van der Waals surface area contributed by atoms with Crippen molar-refractivity contribution in [2.75, 3.05) is 11.1 Å². The van der Waals surface area contributed by atoms with Crippen LogP contribution in [0.4, 0.5) is 5.69 Å². The fourth-order valence-corrected chi connectivity index (χ4v) is 2.65. The largest absolute Gasteiger partial charge is 0.380 e. The van der Waals surface area contributed by atoms with Crippen LogP contribution < -0.4 is 5.32 Å². The molecule has 0 heterocycles. The molecule has 0 unspecified atom stereocenters. The van der Waals surface area contributed by atoms with Crippen LogP contribution in [0.25, 0.3) is 0 Å². The number of hydrogen-bond acceptors (Lipinski definition) is 2. The summed E-state index contributed by atoms with van der Waals surface area (Å²) in [5, 5.41) is 3.52. The first-order chi connectivity index (χ1) is 9.31. The summed E-state index contributed by atoms with van der Waals surface area (Å²) in [7, 11) is 0. The molecule has 0 fully saturated rings. The number of aryl methyl sites for hydroxylation is 1. The van der Waals surface area contributed by atoms with E-state index in [0.29, 0.717) is 0 Å². The molecule has 2 aromatic carbocycles. The molecule has 0 aliphatic rings. The Hall–Kier alpha value is -1.67. The highest BCUT2D eigenvalue weighted by Gasteiger charge is 2.02. The van der Waals surface area contributed by atoms with Gasteiger partial charge in [0.15, 0.2) is 0 Å². The zero-order valence-electron chi connectivity index (χ0n) is 11.2. The summed E-state index contributed by atoms with van der Waals surface area (Å²) in [6.07, 6.45) is 1.93. The van der Waals surface area contributed by atoms with Gasteiger partial charge in [0, 0.05) is 22.9 Å². The third-order valence-electron chi connectivity index (χ3n) is 2.97. The standard InChI is InChI=1S/C17H19NS/c1-3-12-19-17-11-7-6-10-16(17)18-13-15-9-5-4-8-14(15)2/h3-11,18H,1,12-13H2,2H3. The van der Waals surface area contributed by atoms with E-state index in [2.05, 4.69) is 67.4 Å². The van der Waals surface area contributed by atoms with Crippen molar-refractivity contribution in [3.8, 4) is 0 Å². The van der Waals surface area contributed by atoms with Gasteiger partial charge in [-0.25, -0.2) is 0 Å². The second-order valence-electron chi connectivity index (χ2n) is 4.38. The molecule has 0 saturated heterocycles. The van der Waals surface area contributed by atoms with E-state index >= 15 is 0 Å². The predicted octanol–water partition coefficient (Wildman–Crippen LogP) is 4.89. The summed E-state index contributed by atoms with van der Waals surface area (Å²) >= 11 is 1.81. The van der Waals surface area contributed by atoms with E-state index in [-0.39, 0.29) is 0 Å². The molecule has 1 nitrogen and oxygen atoms in total. The maximum atomic E-state index is 3.77. The summed E-state index contributed by atoms with van der Waals surface area (Å²) in [4.78, 5) is 1.27. The highest BCUT2D eigenvalue weighted by molar-refractivity contribution is 7.99. The lowest BCUT2D eigenvalue weighted by Crippen LogP contribution is -2.02. The molecule has 0 radical (unpaired) electrons. The molecule has 1 N–H and O–H groups in total. The Balaban J connectivity index is 2.07. The lowest BCUT2D eigenvalue weighted by molar-refractivity contribution is 1.11. The van der Waals surface area contributed by atoms with Gasteiger partial charge in [-0.15, -0.1) is 18.3 Å². The highest BCUT2D eigenvalue weighted by Crippen LogP contribution is 2.27. The predicted molar refractivity (Wildman–Crippen MR) is 85.9 cm³/mol. The van der Waals surface area contributed by atoms with E-state index in [1.54, 1.807) is 11.8 Å². The Labute approximate surface area is 119 Å². The van der Waals surface area contributed by atoms with Crippen molar-refractivity contribution >= 4 is 17.4 Å². The van der Waals surface area contributed by atoms with Gasteiger partial charge in [-0.2, -0.15) is 0 Å². The van der Waals surface area contributed by atoms with Crippen LogP contribution in [-0.4, -0.2) is 5.75 Å². The van der Waals surface area contributed by atoms with Crippen LogP contribution in [0.15, 0.2) is 66.1 Å². The van der Waals surface area contributed by atoms with Crippen LogP contribution in [0.2, 0.25) is 0 Å². The normalized spacial score (nSPS) is 10.2. The minimum atomic E-state index is 0.859. The van der Waals surface area contributed by atoms with E-state index in [4.69, 9.17) is 0 Å². The summed E-state index contributed by atoms with van der Waals surface area (Å²) in [5.41, 5.74) is 3.86. The average molecular weight is 269 g/mol. The molecular formula is C17H19NS. The number of rotatable bonds is 6. The van der Waals surface area contributed by atoms with Gasteiger partial charge in [0.2, 0.25) is 0 Å². The molecule has 0 amide bonds. The smallest absolute Gasteiger partial charge is 0.0481 e. The molecule has 19 heavy (non-hydrogen) atoms. The van der Waals surface area contributed by atoms with Crippen LogP contribution >= 0.6 is 11.8 Å². The fraction of sp³-hybridized carbons (Fsp3) is 0.176. The molecule has 0 saturated carbocycles. The maximum Gasteiger partial charge on any atom is 0.0481 e. The number of benzene rings is 2. The molecule has 0 aliphatic heterocycles. The Morgan fingerprint density at radius 1 is 1.11 bits per heavy atom. The number of hydrogen-bond donors (Lipinski definition) is 1. The monoisotopic (exact) mass is 269 g/mol. The van der Waals surface area contributed by atoms with Gasteiger partial charge < -0.3 is 5.32 Å². The van der Waals surface area contributed by atoms with Crippen LogP contribution in [0, 0.1) is 6.92 Å². The van der Waals surface area contributed by atoms with E-state index in [1.807, 2.05) is 6.08 Å². The second kappa shape index (κ2) is 7.05. The SMILES string of the molecule is C=CCSc1ccccc1NCc1ccccc1C. The topological polar surface area (TPSA) is 12.0 Å². The van der Waals surface area contributed by atoms with E-state index in [1.165, 1.54) is 21.7 Å². The number of para-hydroxylation sites is 1. The van der Waals surface area contributed by atoms with Crippen molar-refractivity contribution in [2.45, 2.75) is 18.4 Å². The number of anilines is 1. The molecule has 0 aromatic heterocycles. The second-order valence-corrected chi connectivity index (χ2v) is 5.44. The average Bonchev–Trinajstić information content (AvgIpc) is 2.45. The molecule has 0 spiro atoms. The van der Waals surface area contributed by atoms with E-state index in [0.717, 1.165) is 12.3 Å². The third-order valence-corrected chi connectivity index (χ3v) is 4.04. The van der Waals surface area contributed by atoms with Gasteiger partial charge in [-0.05, 0) is 30.2 Å². The third kappa shape index (κ3) is 3.90. The van der Waals surface area contributed by atoms with Crippen molar-refractivity contribution in [3.63, 3.8) is 0 Å². The summed E-state index contributed by atoms with van der Waals surface area (Å²) in [6, 6.07) is 16.9. The minimum Gasteiger partial charge on any atom is -0.380 e. The van der Waals surface area contributed by atoms with Gasteiger partial charge in [-0.1, -0.05) is 42.5 Å². The molecule has 0 aliphatic carbocycles. The van der Waals surface area contributed by atoms with Crippen LogP contribution in [-0.2, 0) is 6.54 Å². The van der Waals surface area contributed by atoms with Gasteiger partial charge >= 0.3 is 0 Å². The van der Waals surface area contributed by atoms with Crippen molar-refractivity contribution in [3.05, 3.63) is 72.3 Å². The Morgan fingerprint density at radius 3 is 2.63 bits per heavy atom. The molecule has 98 valence electrons. The molecule has 0 atom stereocenters. The van der Waals surface area contributed by atoms with Gasteiger partial charge in [0.25, 0.3) is 0 Å². The highest BCUT2D eigenvalue weighted by atomic mass is 32.2. The van der Waals surface area contributed by atoms with Crippen molar-refractivity contribution in [1.82, 2.24) is 0 Å². The zero-order chi connectivity index (χ0) is 13.5. The lowest BCUT2D eigenvalue weighted by atomic mass is 10.1. The summed E-state index contributed by atoms with van der Waals surface area (Å²) in [5.74, 6) is 0.934. The van der Waals surface area contributed by atoms with Crippen molar-refractivity contribution < 1.29 is 0 Å². The van der Waals surface area contributed by atoms with Gasteiger partial charge in [0.05, 0.1) is 0 Å². The molecule has 2 rings (SSSR count). The lowest BCUT2D eigenvalue weighted by Gasteiger charge is -2.12. The first-order valence-electron chi connectivity index (χ1n) is 6.42. The number of thioether (sulfide) groups is 1. The Bertz CT molecular complexity index is 548. The van der Waals surface area contributed by atoms with Gasteiger partial charge in [-0.3, -0.25) is 0 Å². The van der Waals surface area contributed by atoms with Crippen LogP contribution in [0.3, 0.4) is 0 Å². The first-order valence-corrected chi connectivity index (χ1v) is 7.41. The maximum absolute atomic E-state index is 3.77. The van der Waals surface area contributed by atoms with E-state index in [9.17, 15) is 0 Å².